The lowest BCUT2D eigenvalue weighted by atomic mass is 10.2. The van der Waals surface area contributed by atoms with Crippen LogP contribution >= 0.6 is 0 Å². The molecular formula is C16H24N2O5. The van der Waals surface area contributed by atoms with Crippen LogP contribution in [0.1, 0.15) is 29.6 Å². The highest BCUT2D eigenvalue weighted by Crippen LogP contribution is 2.15. The van der Waals surface area contributed by atoms with Gasteiger partial charge in [0.25, 0.3) is 5.91 Å². The van der Waals surface area contributed by atoms with Crippen LogP contribution in [-0.4, -0.2) is 62.8 Å². The fraction of sp³-hybridized carbons (Fsp3) is 0.625. The molecule has 0 spiro atoms. The third kappa shape index (κ3) is 5.69. The standard InChI is InChI=1S/C16H24N2O5/c1-21-10-6-17-15(19)4-7-18(11-14-3-2-8-23-14)16(20)13-5-9-22-12-13/h5,9,12,14H,2-4,6-8,10-11H2,1H3,(H,17,19). The van der Waals surface area contributed by atoms with Gasteiger partial charge >= 0.3 is 0 Å². The third-order valence-corrected chi connectivity index (χ3v) is 3.74. The molecule has 128 valence electrons. The van der Waals surface area contributed by atoms with E-state index in [1.165, 1.54) is 12.5 Å². The van der Waals surface area contributed by atoms with E-state index < -0.39 is 0 Å². The van der Waals surface area contributed by atoms with Gasteiger partial charge in [0.15, 0.2) is 0 Å². The van der Waals surface area contributed by atoms with E-state index in [-0.39, 0.29) is 24.3 Å². The van der Waals surface area contributed by atoms with E-state index in [1.807, 2.05) is 0 Å². The molecule has 0 bridgehead atoms. The molecule has 23 heavy (non-hydrogen) atoms. The highest BCUT2D eigenvalue weighted by molar-refractivity contribution is 5.94. The number of rotatable bonds is 9. The van der Waals surface area contributed by atoms with Gasteiger partial charge in [0.05, 0.1) is 24.5 Å². The number of nitrogens with one attached hydrogen (secondary N) is 1. The van der Waals surface area contributed by atoms with Crippen molar-refractivity contribution in [2.24, 2.45) is 0 Å². The van der Waals surface area contributed by atoms with Gasteiger partial charge in [-0.15, -0.1) is 0 Å². The third-order valence-electron chi connectivity index (χ3n) is 3.74. The summed E-state index contributed by atoms with van der Waals surface area (Å²) in [5.74, 6) is -0.238. The molecule has 2 amide bonds. The first-order valence-corrected chi connectivity index (χ1v) is 7.89. The lowest BCUT2D eigenvalue weighted by Gasteiger charge is -2.25. The second-order valence-electron chi connectivity index (χ2n) is 5.49. The van der Waals surface area contributed by atoms with E-state index in [9.17, 15) is 9.59 Å². The monoisotopic (exact) mass is 324 g/mol. The maximum Gasteiger partial charge on any atom is 0.257 e. The van der Waals surface area contributed by atoms with E-state index in [0.717, 1.165) is 19.4 Å². The smallest absolute Gasteiger partial charge is 0.257 e. The summed E-state index contributed by atoms with van der Waals surface area (Å²) in [7, 11) is 1.58. The Bertz CT molecular complexity index is 483. The van der Waals surface area contributed by atoms with Crippen molar-refractivity contribution in [1.82, 2.24) is 10.2 Å². The largest absolute Gasteiger partial charge is 0.472 e. The van der Waals surface area contributed by atoms with Gasteiger partial charge in [0.1, 0.15) is 6.26 Å². The number of hydrogen-bond acceptors (Lipinski definition) is 5. The molecule has 1 aliphatic heterocycles. The molecule has 0 saturated carbocycles. The summed E-state index contributed by atoms with van der Waals surface area (Å²) in [6, 6.07) is 1.63. The van der Waals surface area contributed by atoms with Crippen LogP contribution in [0.15, 0.2) is 23.0 Å². The number of carbonyl (C=O) groups is 2. The molecule has 1 atom stereocenters. The van der Waals surface area contributed by atoms with Crippen LogP contribution in [0.4, 0.5) is 0 Å². The Morgan fingerprint density at radius 2 is 2.35 bits per heavy atom. The molecule has 0 radical (unpaired) electrons. The lowest BCUT2D eigenvalue weighted by molar-refractivity contribution is -0.121. The topological polar surface area (TPSA) is 81.0 Å². The molecule has 0 aromatic carbocycles. The zero-order chi connectivity index (χ0) is 16.5. The SMILES string of the molecule is COCCNC(=O)CCN(CC1CCCO1)C(=O)c1ccoc1. The molecule has 7 heteroatoms. The average molecular weight is 324 g/mol. The van der Waals surface area contributed by atoms with Crippen molar-refractivity contribution in [3.05, 3.63) is 24.2 Å². The number of amides is 2. The Balaban J connectivity index is 1.87. The van der Waals surface area contributed by atoms with Crippen molar-refractivity contribution in [1.29, 1.82) is 0 Å². The van der Waals surface area contributed by atoms with Crippen LogP contribution in [0.5, 0.6) is 0 Å². The molecule has 2 heterocycles. The molecule has 7 nitrogen and oxygen atoms in total. The number of hydrogen-bond donors (Lipinski definition) is 1. The van der Waals surface area contributed by atoms with Crippen molar-refractivity contribution in [3.8, 4) is 0 Å². The minimum atomic E-state index is -0.140. The average Bonchev–Trinajstić information content (AvgIpc) is 3.24. The van der Waals surface area contributed by atoms with Crippen LogP contribution in [0.25, 0.3) is 0 Å². The fourth-order valence-corrected chi connectivity index (χ4v) is 2.50. The second-order valence-corrected chi connectivity index (χ2v) is 5.49. The molecule has 1 saturated heterocycles. The molecule has 1 aromatic rings. The van der Waals surface area contributed by atoms with E-state index >= 15 is 0 Å². The molecular weight excluding hydrogens is 300 g/mol. The normalized spacial score (nSPS) is 17.2. The summed E-state index contributed by atoms with van der Waals surface area (Å²) in [5.41, 5.74) is 0.489. The summed E-state index contributed by atoms with van der Waals surface area (Å²) in [6.07, 6.45) is 5.13. The van der Waals surface area contributed by atoms with Crippen LogP contribution in [0, 0.1) is 0 Å². The highest BCUT2D eigenvalue weighted by Gasteiger charge is 2.24. The predicted octanol–water partition coefficient (Wildman–Crippen LogP) is 1.05. The summed E-state index contributed by atoms with van der Waals surface area (Å²) < 4.78 is 15.5. The summed E-state index contributed by atoms with van der Waals surface area (Å²) >= 11 is 0. The molecule has 2 rings (SSSR count). The van der Waals surface area contributed by atoms with E-state index in [1.54, 1.807) is 18.1 Å². The van der Waals surface area contributed by atoms with Gasteiger partial charge in [-0.1, -0.05) is 0 Å². The van der Waals surface area contributed by atoms with E-state index in [0.29, 0.717) is 31.8 Å². The van der Waals surface area contributed by atoms with Crippen molar-refractivity contribution < 1.29 is 23.5 Å². The molecule has 1 aliphatic rings. The molecule has 1 unspecified atom stereocenters. The first-order chi connectivity index (χ1) is 11.2. The van der Waals surface area contributed by atoms with Gasteiger partial charge in [0.2, 0.25) is 5.91 Å². The predicted molar refractivity (Wildman–Crippen MR) is 83.1 cm³/mol. The summed E-state index contributed by atoms with van der Waals surface area (Å²) in [6.45, 7) is 2.52. The van der Waals surface area contributed by atoms with Crippen molar-refractivity contribution >= 4 is 11.8 Å². The maximum atomic E-state index is 12.5. The van der Waals surface area contributed by atoms with Gasteiger partial charge < -0.3 is 24.1 Å². The van der Waals surface area contributed by atoms with Gasteiger partial charge in [-0.05, 0) is 18.9 Å². The second kappa shape index (κ2) is 9.32. The Morgan fingerprint density at radius 3 is 3.00 bits per heavy atom. The molecule has 1 N–H and O–H groups in total. The first kappa shape index (κ1) is 17.5. The zero-order valence-corrected chi connectivity index (χ0v) is 13.5. The fourth-order valence-electron chi connectivity index (χ4n) is 2.50. The molecule has 1 aromatic heterocycles. The Morgan fingerprint density at radius 1 is 1.48 bits per heavy atom. The number of nitrogens with zero attached hydrogens (tertiary/aromatic N) is 1. The van der Waals surface area contributed by atoms with Crippen LogP contribution in [-0.2, 0) is 14.3 Å². The number of ether oxygens (including phenoxy) is 2. The summed E-state index contributed by atoms with van der Waals surface area (Å²) in [4.78, 5) is 26.0. The Kier molecular flexibility index (Phi) is 7.09. The highest BCUT2D eigenvalue weighted by atomic mass is 16.5. The van der Waals surface area contributed by atoms with Gasteiger partial charge in [-0.2, -0.15) is 0 Å². The first-order valence-electron chi connectivity index (χ1n) is 7.89. The van der Waals surface area contributed by atoms with Crippen LogP contribution in [0.3, 0.4) is 0 Å². The zero-order valence-electron chi connectivity index (χ0n) is 13.5. The van der Waals surface area contributed by atoms with Gasteiger partial charge in [-0.25, -0.2) is 0 Å². The van der Waals surface area contributed by atoms with Crippen molar-refractivity contribution in [2.75, 3.05) is 40.0 Å². The Labute approximate surface area is 135 Å². The maximum absolute atomic E-state index is 12.5. The number of methoxy groups -OCH3 is 1. The van der Waals surface area contributed by atoms with Crippen molar-refractivity contribution in [2.45, 2.75) is 25.4 Å². The van der Waals surface area contributed by atoms with E-state index in [4.69, 9.17) is 13.9 Å². The number of carbonyl (C=O) groups excluding carboxylic acids is 2. The van der Waals surface area contributed by atoms with Crippen molar-refractivity contribution in [3.63, 3.8) is 0 Å². The lowest BCUT2D eigenvalue weighted by Crippen LogP contribution is -2.40. The van der Waals surface area contributed by atoms with Gasteiger partial charge in [0, 0.05) is 39.8 Å². The quantitative estimate of drug-likeness (QED) is 0.687. The molecule has 1 fully saturated rings. The molecule has 0 aliphatic carbocycles. The van der Waals surface area contributed by atoms with Gasteiger partial charge in [-0.3, -0.25) is 9.59 Å². The van der Waals surface area contributed by atoms with Crippen LogP contribution in [0.2, 0.25) is 0 Å². The van der Waals surface area contributed by atoms with Crippen LogP contribution < -0.4 is 5.32 Å². The number of furan rings is 1. The summed E-state index contributed by atoms with van der Waals surface area (Å²) in [5, 5.41) is 2.75. The minimum Gasteiger partial charge on any atom is -0.472 e. The Hall–Kier alpha value is -1.86. The van der Waals surface area contributed by atoms with E-state index in [2.05, 4.69) is 5.32 Å². The minimum absolute atomic E-state index is 0.0439.